The highest BCUT2D eigenvalue weighted by molar-refractivity contribution is 7.09. The van der Waals surface area contributed by atoms with Crippen LogP contribution >= 0.6 is 11.3 Å². The minimum Gasteiger partial charge on any atom is -0.481 e. The number of nitrogens with one attached hydrogen (secondary N) is 2. The number of amides is 2. The van der Waals surface area contributed by atoms with E-state index in [0.717, 1.165) is 22.3 Å². The van der Waals surface area contributed by atoms with Gasteiger partial charge >= 0.3 is 12.1 Å². The van der Waals surface area contributed by atoms with Gasteiger partial charge < -0.3 is 20.5 Å². The molecule has 0 radical (unpaired) electrons. The van der Waals surface area contributed by atoms with Crippen molar-refractivity contribution in [2.75, 3.05) is 6.61 Å². The number of nitrogens with zero attached hydrogens (tertiary/aromatic N) is 1. The Morgan fingerprint density at radius 1 is 1.06 bits per heavy atom. The van der Waals surface area contributed by atoms with Crippen LogP contribution in [0.4, 0.5) is 4.79 Å². The van der Waals surface area contributed by atoms with Crippen molar-refractivity contribution < 1.29 is 24.2 Å². The van der Waals surface area contributed by atoms with E-state index in [-0.39, 0.29) is 37.1 Å². The van der Waals surface area contributed by atoms with Gasteiger partial charge in [-0.05, 0) is 28.2 Å². The maximum Gasteiger partial charge on any atom is 0.407 e. The lowest BCUT2D eigenvalue weighted by Gasteiger charge is -2.19. The molecule has 0 saturated heterocycles. The fourth-order valence-electron chi connectivity index (χ4n) is 4.18. The summed E-state index contributed by atoms with van der Waals surface area (Å²) in [6.45, 7) is 4.03. The molecule has 0 spiro atoms. The summed E-state index contributed by atoms with van der Waals surface area (Å²) >= 11 is 1.24. The predicted molar refractivity (Wildman–Crippen MR) is 132 cm³/mol. The fraction of sp³-hybridized carbons (Fsp3) is 0.308. The molecule has 9 heteroatoms. The Morgan fingerprint density at radius 2 is 1.69 bits per heavy atom. The first-order valence-corrected chi connectivity index (χ1v) is 12.3. The fourth-order valence-corrected chi connectivity index (χ4v) is 4.89. The number of benzene rings is 2. The Kier molecular flexibility index (Phi) is 7.45. The van der Waals surface area contributed by atoms with Gasteiger partial charge in [-0.25, -0.2) is 9.78 Å². The summed E-state index contributed by atoms with van der Waals surface area (Å²) in [6, 6.07) is 15.8. The highest BCUT2D eigenvalue weighted by atomic mass is 32.1. The third-order valence-corrected chi connectivity index (χ3v) is 6.88. The first-order valence-electron chi connectivity index (χ1n) is 11.4. The van der Waals surface area contributed by atoms with Crippen LogP contribution in [0.2, 0.25) is 0 Å². The standard InChI is InChI=1S/C26H27N3O5S/c1-15(2)21(11-24(30)31)29-25(32)22-14-35-23(28-22)12-27-26(33)34-13-20-18-9-5-3-7-16(18)17-8-4-6-10-19(17)20/h3-10,14-15,20-21H,11-13H2,1-2H3,(H,27,33)(H,29,32)(H,30,31)/t21-/m1/s1. The second-order valence-corrected chi connectivity index (χ2v) is 9.67. The maximum absolute atomic E-state index is 12.5. The third-order valence-electron chi connectivity index (χ3n) is 6.03. The van der Waals surface area contributed by atoms with E-state index in [2.05, 4.69) is 39.9 Å². The Hall–Kier alpha value is -3.72. The SMILES string of the molecule is CC(C)[C@@H](CC(=O)O)NC(=O)c1csc(CNC(=O)OCC2c3ccccc3-c3ccccc32)n1. The van der Waals surface area contributed by atoms with Crippen molar-refractivity contribution in [1.82, 2.24) is 15.6 Å². The zero-order valence-electron chi connectivity index (χ0n) is 19.5. The van der Waals surface area contributed by atoms with Crippen molar-refractivity contribution in [3.63, 3.8) is 0 Å². The summed E-state index contributed by atoms with van der Waals surface area (Å²) in [5.41, 5.74) is 4.79. The molecule has 4 rings (SSSR count). The molecule has 0 fully saturated rings. The first-order chi connectivity index (χ1) is 16.8. The van der Waals surface area contributed by atoms with Gasteiger partial charge in [-0.2, -0.15) is 0 Å². The van der Waals surface area contributed by atoms with Gasteiger partial charge in [0.25, 0.3) is 5.91 Å². The van der Waals surface area contributed by atoms with Gasteiger partial charge in [0.15, 0.2) is 0 Å². The number of hydrogen-bond acceptors (Lipinski definition) is 6. The van der Waals surface area contributed by atoms with Crippen molar-refractivity contribution in [2.45, 2.75) is 38.8 Å². The van der Waals surface area contributed by atoms with Crippen LogP contribution in [-0.4, -0.2) is 40.7 Å². The van der Waals surface area contributed by atoms with Gasteiger partial charge in [0, 0.05) is 17.3 Å². The van der Waals surface area contributed by atoms with Gasteiger partial charge in [0.05, 0.1) is 13.0 Å². The second-order valence-electron chi connectivity index (χ2n) is 8.73. The average molecular weight is 494 g/mol. The van der Waals surface area contributed by atoms with E-state index in [1.54, 1.807) is 5.38 Å². The maximum atomic E-state index is 12.5. The summed E-state index contributed by atoms with van der Waals surface area (Å²) in [4.78, 5) is 40.1. The number of carboxylic acids is 1. The number of hydrogen-bond donors (Lipinski definition) is 3. The van der Waals surface area contributed by atoms with Gasteiger partial charge in [-0.3, -0.25) is 9.59 Å². The molecule has 0 unspecified atom stereocenters. The molecule has 8 nitrogen and oxygen atoms in total. The summed E-state index contributed by atoms with van der Waals surface area (Å²) in [5.74, 6) is -1.48. The quantitative estimate of drug-likeness (QED) is 0.406. The molecule has 35 heavy (non-hydrogen) atoms. The van der Waals surface area contributed by atoms with E-state index in [9.17, 15) is 14.4 Å². The molecule has 1 aliphatic carbocycles. The highest BCUT2D eigenvalue weighted by Gasteiger charge is 2.29. The van der Waals surface area contributed by atoms with E-state index >= 15 is 0 Å². The molecule has 1 atom stereocenters. The van der Waals surface area contributed by atoms with Crippen LogP contribution in [0.5, 0.6) is 0 Å². The van der Waals surface area contributed by atoms with Gasteiger partial charge in [0.2, 0.25) is 0 Å². The van der Waals surface area contributed by atoms with Crippen molar-refractivity contribution in [1.29, 1.82) is 0 Å². The number of carbonyl (C=O) groups excluding carboxylic acids is 2. The van der Waals surface area contributed by atoms with E-state index < -0.39 is 24.0 Å². The average Bonchev–Trinajstić information content (AvgIpc) is 3.44. The normalized spacial score (nSPS) is 13.1. The van der Waals surface area contributed by atoms with E-state index in [1.165, 1.54) is 11.3 Å². The molecular formula is C26H27N3O5S. The summed E-state index contributed by atoms with van der Waals surface area (Å²) in [7, 11) is 0. The summed E-state index contributed by atoms with van der Waals surface area (Å²) < 4.78 is 5.52. The zero-order valence-corrected chi connectivity index (χ0v) is 20.3. The molecule has 1 aromatic heterocycles. The van der Waals surface area contributed by atoms with Gasteiger partial charge in [-0.15, -0.1) is 11.3 Å². The molecule has 2 amide bonds. The second kappa shape index (κ2) is 10.7. The molecule has 0 saturated carbocycles. The molecule has 0 bridgehead atoms. The third kappa shape index (κ3) is 5.68. The summed E-state index contributed by atoms with van der Waals surface area (Å²) in [6.07, 6.45) is -0.724. The van der Waals surface area contributed by atoms with Gasteiger partial charge in [0.1, 0.15) is 17.3 Å². The summed E-state index contributed by atoms with van der Waals surface area (Å²) in [5, 5.41) is 16.6. The number of carboxylic acid groups (broad SMARTS) is 1. The van der Waals surface area contributed by atoms with Crippen molar-refractivity contribution in [3.8, 4) is 11.1 Å². The topological polar surface area (TPSA) is 118 Å². The largest absolute Gasteiger partial charge is 0.481 e. The number of rotatable bonds is 9. The lowest BCUT2D eigenvalue weighted by molar-refractivity contribution is -0.137. The van der Waals surface area contributed by atoms with Gasteiger partial charge in [-0.1, -0.05) is 62.4 Å². The Morgan fingerprint density at radius 3 is 2.29 bits per heavy atom. The number of alkyl carbamates (subject to hydrolysis) is 1. The molecule has 1 aliphatic rings. The Balaban J connectivity index is 1.30. The van der Waals surface area contributed by atoms with Crippen LogP contribution in [0.15, 0.2) is 53.9 Å². The van der Waals surface area contributed by atoms with Crippen LogP contribution in [0.25, 0.3) is 11.1 Å². The molecule has 0 aliphatic heterocycles. The monoisotopic (exact) mass is 493 g/mol. The Labute approximate surface area is 207 Å². The number of thiazole rings is 1. The number of fused-ring (bicyclic) bond motifs is 3. The number of carbonyl (C=O) groups is 3. The number of ether oxygens (including phenoxy) is 1. The van der Waals surface area contributed by atoms with Crippen molar-refractivity contribution in [3.05, 3.63) is 75.7 Å². The predicted octanol–water partition coefficient (Wildman–Crippen LogP) is 4.41. The molecule has 3 N–H and O–H groups in total. The lowest BCUT2D eigenvalue weighted by atomic mass is 9.98. The van der Waals surface area contributed by atoms with E-state index in [0.29, 0.717) is 5.01 Å². The number of aromatic nitrogens is 1. The number of aliphatic carboxylic acids is 1. The van der Waals surface area contributed by atoms with Crippen molar-refractivity contribution >= 4 is 29.3 Å². The first kappa shape index (κ1) is 24.4. The van der Waals surface area contributed by atoms with Crippen LogP contribution in [0.3, 0.4) is 0 Å². The van der Waals surface area contributed by atoms with Crippen LogP contribution in [-0.2, 0) is 16.1 Å². The molecule has 182 valence electrons. The van der Waals surface area contributed by atoms with Crippen LogP contribution < -0.4 is 10.6 Å². The molecule has 3 aromatic rings. The minimum atomic E-state index is -0.977. The molecule has 2 aromatic carbocycles. The lowest BCUT2D eigenvalue weighted by Crippen LogP contribution is -2.40. The molecule has 1 heterocycles. The van der Waals surface area contributed by atoms with Crippen LogP contribution in [0.1, 0.15) is 52.8 Å². The van der Waals surface area contributed by atoms with E-state index in [4.69, 9.17) is 9.84 Å². The minimum absolute atomic E-state index is 0.0250. The zero-order chi connectivity index (χ0) is 24.9. The van der Waals surface area contributed by atoms with Crippen molar-refractivity contribution in [2.24, 2.45) is 5.92 Å². The van der Waals surface area contributed by atoms with Crippen LogP contribution in [0, 0.1) is 5.92 Å². The highest BCUT2D eigenvalue weighted by Crippen LogP contribution is 2.44. The molecular weight excluding hydrogens is 466 g/mol. The van der Waals surface area contributed by atoms with E-state index in [1.807, 2.05) is 38.1 Å². The Bertz CT molecular complexity index is 1190. The smallest absolute Gasteiger partial charge is 0.407 e.